The molecule has 1 aromatic rings. The average Bonchev–Trinajstić information content (AvgIpc) is 2.49. The Kier molecular flexibility index (Phi) is 5.95. The van der Waals surface area contributed by atoms with Crippen LogP contribution in [0.25, 0.3) is 0 Å². The Morgan fingerprint density at radius 1 is 1.36 bits per heavy atom. The van der Waals surface area contributed by atoms with Gasteiger partial charge in [0.2, 0.25) is 5.91 Å². The van der Waals surface area contributed by atoms with Gasteiger partial charge in [0.05, 0.1) is 19.0 Å². The van der Waals surface area contributed by atoms with Crippen LogP contribution in [0, 0.1) is 12.8 Å². The number of benzene rings is 1. The van der Waals surface area contributed by atoms with Crippen molar-refractivity contribution in [2.45, 2.75) is 26.2 Å². The molecule has 0 aromatic heterocycles. The van der Waals surface area contributed by atoms with E-state index in [-0.39, 0.29) is 17.7 Å². The van der Waals surface area contributed by atoms with E-state index in [9.17, 15) is 9.59 Å². The third-order valence-corrected chi connectivity index (χ3v) is 4.41. The lowest BCUT2D eigenvalue weighted by atomic mass is 9.97. The molecule has 1 saturated heterocycles. The fourth-order valence-corrected chi connectivity index (χ4v) is 3.07. The third kappa shape index (κ3) is 4.84. The molecule has 0 radical (unpaired) electrons. The lowest BCUT2D eigenvalue weighted by Gasteiger charge is -2.27. The van der Waals surface area contributed by atoms with E-state index in [1.807, 2.05) is 12.1 Å². The first-order valence-electron chi connectivity index (χ1n) is 8.00. The standard InChI is InChI=1S/C17H25N3O2/c1-13-5-2-3-6-14(13)8-9-19-16(21)12-20-10-4-7-15(11-20)17(18)22/h2-3,5-6,15H,4,7-12H2,1H3,(H2,18,22)(H,19,21)/p+1/t15-/m0/s1. The van der Waals surface area contributed by atoms with Gasteiger partial charge in [-0.1, -0.05) is 24.3 Å². The van der Waals surface area contributed by atoms with Crippen LogP contribution in [0.5, 0.6) is 0 Å². The summed E-state index contributed by atoms with van der Waals surface area (Å²) in [6.07, 6.45) is 2.66. The lowest BCUT2D eigenvalue weighted by molar-refractivity contribution is -0.899. The highest BCUT2D eigenvalue weighted by Gasteiger charge is 2.28. The number of quaternary nitrogens is 1. The number of carbonyl (C=O) groups is 2. The van der Waals surface area contributed by atoms with Crippen LogP contribution in [0.2, 0.25) is 0 Å². The molecule has 0 saturated carbocycles. The van der Waals surface area contributed by atoms with Crippen LogP contribution in [0.1, 0.15) is 24.0 Å². The third-order valence-electron chi connectivity index (χ3n) is 4.41. The summed E-state index contributed by atoms with van der Waals surface area (Å²) in [6, 6.07) is 8.21. The molecule has 1 fully saturated rings. The van der Waals surface area contributed by atoms with Crippen molar-refractivity contribution in [2.24, 2.45) is 11.7 Å². The largest absolute Gasteiger partial charge is 0.369 e. The average molecular weight is 304 g/mol. The van der Waals surface area contributed by atoms with Crippen molar-refractivity contribution in [2.75, 3.05) is 26.2 Å². The van der Waals surface area contributed by atoms with Crippen molar-refractivity contribution in [3.8, 4) is 0 Å². The number of likely N-dealkylation sites (tertiary alicyclic amines) is 1. The van der Waals surface area contributed by atoms with Gasteiger partial charge in [0.25, 0.3) is 5.91 Å². The molecule has 1 heterocycles. The van der Waals surface area contributed by atoms with Gasteiger partial charge in [0.15, 0.2) is 6.54 Å². The van der Waals surface area contributed by atoms with E-state index in [2.05, 4.69) is 24.4 Å². The Morgan fingerprint density at radius 3 is 2.86 bits per heavy atom. The van der Waals surface area contributed by atoms with E-state index < -0.39 is 0 Å². The Bertz CT molecular complexity index is 530. The SMILES string of the molecule is Cc1ccccc1CCNC(=O)C[NH+]1CCC[C@H](C(N)=O)C1. The number of hydrogen-bond donors (Lipinski definition) is 3. The van der Waals surface area contributed by atoms with Gasteiger partial charge in [0.1, 0.15) is 0 Å². The van der Waals surface area contributed by atoms with Gasteiger partial charge in [-0.15, -0.1) is 0 Å². The van der Waals surface area contributed by atoms with Crippen LogP contribution in [0.4, 0.5) is 0 Å². The number of piperidine rings is 1. The second-order valence-electron chi connectivity index (χ2n) is 6.15. The summed E-state index contributed by atoms with van der Waals surface area (Å²) in [5.41, 5.74) is 7.88. The van der Waals surface area contributed by atoms with Crippen molar-refractivity contribution < 1.29 is 14.5 Å². The molecule has 120 valence electrons. The van der Waals surface area contributed by atoms with Crippen molar-refractivity contribution in [3.05, 3.63) is 35.4 Å². The first kappa shape index (κ1) is 16.5. The van der Waals surface area contributed by atoms with E-state index in [0.29, 0.717) is 19.6 Å². The molecule has 1 aliphatic rings. The molecule has 22 heavy (non-hydrogen) atoms. The summed E-state index contributed by atoms with van der Waals surface area (Å²) >= 11 is 0. The second-order valence-corrected chi connectivity index (χ2v) is 6.15. The van der Waals surface area contributed by atoms with Crippen molar-refractivity contribution in [3.63, 3.8) is 0 Å². The van der Waals surface area contributed by atoms with Crippen LogP contribution in [0.15, 0.2) is 24.3 Å². The number of aryl methyl sites for hydroxylation is 1. The summed E-state index contributed by atoms with van der Waals surface area (Å²) in [6.45, 7) is 4.78. The Hall–Kier alpha value is -1.88. The van der Waals surface area contributed by atoms with Gasteiger partial charge in [-0.2, -0.15) is 0 Å². The number of carbonyl (C=O) groups excluding carboxylic acids is 2. The van der Waals surface area contributed by atoms with Gasteiger partial charge in [-0.25, -0.2) is 0 Å². The van der Waals surface area contributed by atoms with Crippen molar-refractivity contribution in [1.82, 2.24) is 5.32 Å². The molecule has 0 bridgehead atoms. The van der Waals surface area contributed by atoms with Crippen molar-refractivity contribution >= 4 is 11.8 Å². The van der Waals surface area contributed by atoms with E-state index >= 15 is 0 Å². The van der Waals surface area contributed by atoms with Gasteiger partial charge < -0.3 is 16.0 Å². The predicted molar refractivity (Wildman–Crippen MR) is 85.4 cm³/mol. The highest BCUT2D eigenvalue weighted by Crippen LogP contribution is 2.07. The van der Waals surface area contributed by atoms with Crippen LogP contribution in [-0.4, -0.2) is 38.0 Å². The molecule has 2 atom stereocenters. The Labute approximate surface area is 131 Å². The molecule has 5 heteroatoms. The first-order chi connectivity index (χ1) is 10.6. The predicted octanol–water partition coefficient (Wildman–Crippen LogP) is -0.566. The van der Waals surface area contributed by atoms with Crippen LogP contribution >= 0.6 is 0 Å². The van der Waals surface area contributed by atoms with Gasteiger partial charge in [0, 0.05) is 6.54 Å². The summed E-state index contributed by atoms with van der Waals surface area (Å²) in [5.74, 6) is -0.269. The smallest absolute Gasteiger partial charge is 0.275 e. The van der Waals surface area contributed by atoms with E-state index in [1.165, 1.54) is 11.1 Å². The maximum absolute atomic E-state index is 12.0. The molecule has 0 spiro atoms. The van der Waals surface area contributed by atoms with Crippen LogP contribution in [0.3, 0.4) is 0 Å². The maximum atomic E-state index is 12.0. The highest BCUT2D eigenvalue weighted by atomic mass is 16.2. The zero-order chi connectivity index (χ0) is 15.9. The fourth-order valence-electron chi connectivity index (χ4n) is 3.07. The molecular formula is C17H26N3O2+. The van der Waals surface area contributed by atoms with Crippen LogP contribution < -0.4 is 16.0 Å². The molecule has 0 aliphatic carbocycles. The molecule has 5 nitrogen and oxygen atoms in total. The zero-order valence-electron chi connectivity index (χ0n) is 13.2. The molecule has 2 amide bonds. The zero-order valence-corrected chi connectivity index (χ0v) is 13.2. The first-order valence-corrected chi connectivity index (χ1v) is 8.00. The van der Waals surface area contributed by atoms with E-state index in [1.54, 1.807) is 0 Å². The minimum Gasteiger partial charge on any atom is -0.369 e. The molecular weight excluding hydrogens is 278 g/mol. The molecule has 2 rings (SSSR count). The van der Waals surface area contributed by atoms with Crippen LogP contribution in [-0.2, 0) is 16.0 Å². The normalized spacial score (nSPS) is 21.3. The summed E-state index contributed by atoms with van der Waals surface area (Å²) in [4.78, 5) is 24.4. The molecule has 1 unspecified atom stereocenters. The van der Waals surface area contributed by atoms with Gasteiger partial charge >= 0.3 is 0 Å². The second kappa shape index (κ2) is 7.94. The number of primary amides is 1. The summed E-state index contributed by atoms with van der Waals surface area (Å²) in [7, 11) is 0. The molecule has 1 aliphatic heterocycles. The fraction of sp³-hybridized carbons (Fsp3) is 0.529. The van der Waals surface area contributed by atoms with E-state index in [4.69, 9.17) is 5.73 Å². The number of rotatable bonds is 6. The topological polar surface area (TPSA) is 76.6 Å². The van der Waals surface area contributed by atoms with Crippen molar-refractivity contribution in [1.29, 1.82) is 0 Å². The Morgan fingerprint density at radius 2 is 2.14 bits per heavy atom. The van der Waals surface area contributed by atoms with E-state index in [0.717, 1.165) is 30.7 Å². The number of nitrogens with two attached hydrogens (primary N) is 1. The molecule has 1 aromatic carbocycles. The Balaban J connectivity index is 1.72. The maximum Gasteiger partial charge on any atom is 0.275 e. The lowest BCUT2D eigenvalue weighted by Crippen LogP contribution is -3.15. The monoisotopic (exact) mass is 304 g/mol. The minimum atomic E-state index is -0.239. The summed E-state index contributed by atoms with van der Waals surface area (Å²) < 4.78 is 0. The number of nitrogens with one attached hydrogen (secondary N) is 2. The highest BCUT2D eigenvalue weighted by molar-refractivity contribution is 5.77. The quantitative estimate of drug-likeness (QED) is 0.658. The molecule has 4 N–H and O–H groups in total. The number of amides is 2. The summed E-state index contributed by atoms with van der Waals surface area (Å²) in [5, 5.41) is 2.97. The van der Waals surface area contributed by atoms with Gasteiger partial charge in [-0.3, -0.25) is 9.59 Å². The number of hydrogen-bond acceptors (Lipinski definition) is 2. The van der Waals surface area contributed by atoms with Gasteiger partial charge in [-0.05, 0) is 37.3 Å². The minimum absolute atomic E-state index is 0.0497.